The number of nitrogens with zero attached hydrogens (tertiary/aromatic N) is 3. The normalized spacial score (nSPS) is 14.1. The zero-order valence-corrected chi connectivity index (χ0v) is 19.9. The van der Waals surface area contributed by atoms with Crippen molar-refractivity contribution in [2.75, 3.05) is 42.6 Å². The molecule has 2 aromatic carbocycles. The molecule has 0 saturated carbocycles. The molecule has 0 spiro atoms. The maximum Gasteiger partial charge on any atom is 0.247 e. The lowest BCUT2D eigenvalue weighted by Crippen LogP contribution is -2.42. The van der Waals surface area contributed by atoms with Gasteiger partial charge in [-0.3, -0.25) is 9.10 Å². The summed E-state index contributed by atoms with van der Waals surface area (Å²) in [5, 5.41) is 0. The number of anilines is 2. The molecule has 0 N–H and O–H groups in total. The highest BCUT2D eigenvalue weighted by atomic mass is 32.2. The van der Waals surface area contributed by atoms with E-state index in [1.54, 1.807) is 24.3 Å². The van der Waals surface area contributed by atoms with Crippen molar-refractivity contribution in [1.82, 2.24) is 4.31 Å². The molecule has 8 nitrogen and oxygen atoms in total. The lowest BCUT2D eigenvalue weighted by Gasteiger charge is -2.27. The summed E-state index contributed by atoms with van der Waals surface area (Å²) in [6.07, 6.45) is 1.58. The minimum absolute atomic E-state index is 0.165. The Morgan fingerprint density at radius 1 is 1.06 bits per heavy atom. The molecule has 168 valence electrons. The number of benzene rings is 2. The van der Waals surface area contributed by atoms with Gasteiger partial charge in [-0.25, -0.2) is 21.1 Å². The van der Waals surface area contributed by atoms with Gasteiger partial charge >= 0.3 is 0 Å². The van der Waals surface area contributed by atoms with Crippen LogP contribution in [0, 0.1) is 13.8 Å². The highest BCUT2D eigenvalue weighted by Crippen LogP contribution is 2.32. The molecule has 3 rings (SSSR count). The SMILES string of the molecule is Cc1cccc(N(CC(=O)N2CCc3cc(S(=O)(=O)N(C)C)ccc32)S(C)(=O)=O)c1C. The van der Waals surface area contributed by atoms with Gasteiger partial charge in [0.05, 0.1) is 16.8 Å². The average Bonchev–Trinajstić information content (AvgIpc) is 3.10. The van der Waals surface area contributed by atoms with Crippen LogP contribution in [0.4, 0.5) is 11.4 Å². The quantitative estimate of drug-likeness (QED) is 0.650. The smallest absolute Gasteiger partial charge is 0.247 e. The van der Waals surface area contributed by atoms with Crippen LogP contribution in [0.25, 0.3) is 0 Å². The van der Waals surface area contributed by atoms with Gasteiger partial charge < -0.3 is 4.90 Å². The molecule has 0 saturated heterocycles. The minimum atomic E-state index is -3.69. The highest BCUT2D eigenvalue weighted by Gasteiger charge is 2.31. The lowest BCUT2D eigenvalue weighted by atomic mass is 10.1. The Bertz CT molecular complexity index is 1240. The van der Waals surface area contributed by atoms with Crippen molar-refractivity contribution in [3.63, 3.8) is 0 Å². The van der Waals surface area contributed by atoms with E-state index in [1.807, 2.05) is 19.9 Å². The van der Waals surface area contributed by atoms with Gasteiger partial charge in [-0.15, -0.1) is 0 Å². The van der Waals surface area contributed by atoms with E-state index in [0.29, 0.717) is 24.3 Å². The summed E-state index contributed by atoms with van der Waals surface area (Å²) >= 11 is 0. The summed E-state index contributed by atoms with van der Waals surface area (Å²) in [5.41, 5.74) is 3.55. The van der Waals surface area contributed by atoms with Crippen LogP contribution in [0.2, 0.25) is 0 Å². The summed E-state index contributed by atoms with van der Waals surface area (Å²) < 4.78 is 52.0. The van der Waals surface area contributed by atoms with Gasteiger partial charge in [-0.1, -0.05) is 12.1 Å². The molecular formula is C21H27N3O5S2. The van der Waals surface area contributed by atoms with E-state index >= 15 is 0 Å². The number of hydrogen-bond donors (Lipinski definition) is 0. The molecule has 0 aromatic heterocycles. The molecule has 0 fully saturated rings. The van der Waals surface area contributed by atoms with E-state index in [0.717, 1.165) is 31.6 Å². The van der Waals surface area contributed by atoms with Crippen LogP contribution in [-0.4, -0.2) is 60.5 Å². The number of sulfonamides is 2. The number of fused-ring (bicyclic) bond motifs is 1. The van der Waals surface area contributed by atoms with Gasteiger partial charge in [-0.2, -0.15) is 0 Å². The second kappa shape index (κ2) is 8.25. The molecular weight excluding hydrogens is 438 g/mol. The number of hydrogen-bond acceptors (Lipinski definition) is 5. The first kappa shape index (κ1) is 23.2. The Labute approximate surface area is 184 Å². The highest BCUT2D eigenvalue weighted by molar-refractivity contribution is 7.92. The number of carbonyl (C=O) groups excluding carboxylic acids is 1. The van der Waals surface area contributed by atoms with Crippen LogP contribution in [0.5, 0.6) is 0 Å². The molecule has 0 atom stereocenters. The van der Waals surface area contributed by atoms with E-state index in [1.165, 1.54) is 25.1 Å². The van der Waals surface area contributed by atoms with Crippen molar-refractivity contribution in [2.45, 2.75) is 25.2 Å². The van der Waals surface area contributed by atoms with Gasteiger partial charge in [0.15, 0.2) is 0 Å². The van der Waals surface area contributed by atoms with Crippen molar-refractivity contribution in [3.05, 3.63) is 53.1 Å². The average molecular weight is 466 g/mol. The van der Waals surface area contributed by atoms with E-state index < -0.39 is 20.0 Å². The van der Waals surface area contributed by atoms with Crippen molar-refractivity contribution < 1.29 is 21.6 Å². The standard InChI is InChI=1S/C21H27N3O5S2/c1-15-7-6-8-19(16(15)2)24(30(5,26)27)14-21(25)23-12-11-17-13-18(9-10-20(17)23)31(28,29)22(3)4/h6-10,13H,11-12,14H2,1-5H3. The van der Waals surface area contributed by atoms with E-state index in [2.05, 4.69) is 0 Å². The first-order valence-electron chi connectivity index (χ1n) is 9.74. The third-order valence-electron chi connectivity index (χ3n) is 5.55. The van der Waals surface area contributed by atoms with E-state index in [-0.39, 0.29) is 17.3 Å². The molecule has 2 aromatic rings. The Hall–Kier alpha value is -2.43. The lowest BCUT2D eigenvalue weighted by molar-refractivity contribution is -0.117. The summed E-state index contributed by atoms with van der Waals surface area (Å²) in [4.78, 5) is 14.8. The monoisotopic (exact) mass is 465 g/mol. The van der Waals surface area contributed by atoms with Crippen LogP contribution in [0.1, 0.15) is 16.7 Å². The molecule has 1 aliphatic rings. The topological polar surface area (TPSA) is 95.1 Å². The molecule has 0 aliphatic carbocycles. The third-order valence-corrected chi connectivity index (χ3v) is 8.49. The van der Waals surface area contributed by atoms with Gasteiger partial charge in [0, 0.05) is 26.3 Å². The van der Waals surface area contributed by atoms with Crippen molar-refractivity contribution in [1.29, 1.82) is 0 Å². The van der Waals surface area contributed by atoms with Gasteiger partial charge in [-0.05, 0) is 61.2 Å². The van der Waals surface area contributed by atoms with Gasteiger partial charge in [0.2, 0.25) is 26.0 Å². The van der Waals surface area contributed by atoms with E-state index in [9.17, 15) is 21.6 Å². The second-order valence-electron chi connectivity index (χ2n) is 7.86. The number of amides is 1. The molecule has 0 bridgehead atoms. The zero-order chi connectivity index (χ0) is 23.1. The predicted octanol–water partition coefficient (Wildman–Crippen LogP) is 1.91. The van der Waals surface area contributed by atoms with E-state index in [4.69, 9.17) is 0 Å². The van der Waals surface area contributed by atoms with Crippen molar-refractivity contribution >= 4 is 37.3 Å². The Kier molecular flexibility index (Phi) is 6.18. The zero-order valence-electron chi connectivity index (χ0n) is 18.3. The summed E-state index contributed by atoms with van der Waals surface area (Å²) in [6, 6.07) is 10.00. The van der Waals surface area contributed by atoms with Crippen LogP contribution in [0.15, 0.2) is 41.3 Å². The first-order valence-corrected chi connectivity index (χ1v) is 13.0. The summed E-state index contributed by atoms with van der Waals surface area (Å²) in [5.74, 6) is -0.367. The molecule has 1 aliphatic heterocycles. The largest absolute Gasteiger partial charge is 0.310 e. The molecule has 0 radical (unpaired) electrons. The molecule has 0 unspecified atom stereocenters. The molecule has 1 amide bonds. The van der Waals surface area contributed by atoms with Crippen LogP contribution >= 0.6 is 0 Å². The number of rotatable bonds is 6. The fraction of sp³-hybridized carbons (Fsp3) is 0.381. The van der Waals surface area contributed by atoms with Crippen LogP contribution in [-0.2, 0) is 31.3 Å². The van der Waals surface area contributed by atoms with Gasteiger partial charge in [0.25, 0.3) is 0 Å². The van der Waals surface area contributed by atoms with Crippen molar-refractivity contribution in [3.8, 4) is 0 Å². The predicted molar refractivity (Wildman–Crippen MR) is 121 cm³/mol. The molecule has 31 heavy (non-hydrogen) atoms. The third kappa shape index (κ3) is 4.46. The second-order valence-corrected chi connectivity index (χ2v) is 11.9. The fourth-order valence-electron chi connectivity index (χ4n) is 3.60. The van der Waals surface area contributed by atoms with Crippen LogP contribution in [0.3, 0.4) is 0 Å². The first-order chi connectivity index (χ1) is 14.3. The maximum absolute atomic E-state index is 13.1. The number of aryl methyl sites for hydroxylation is 1. The molecule has 1 heterocycles. The Morgan fingerprint density at radius 2 is 1.74 bits per heavy atom. The Balaban J connectivity index is 1.92. The van der Waals surface area contributed by atoms with Crippen LogP contribution < -0.4 is 9.21 Å². The maximum atomic E-state index is 13.1. The summed E-state index contributed by atoms with van der Waals surface area (Å²) in [6.45, 7) is 3.74. The number of carbonyl (C=O) groups is 1. The van der Waals surface area contributed by atoms with Crippen molar-refractivity contribution in [2.24, 2.45) is 0 Å². The minimum Gasteiger partial charge on any atom is -0.310 e. The Morgan fingerprint density at radius 3 is 2.35 bits per heavy atom. The molecule has 10 heteroatoms. The fourth-order valence-corrected chi connectivity index (χ4v) is 5.46. The summed E-state index contributed by atoms with van der Waals surface area (Å²) in [7, 11) is -4.34. The van der Waals surface area contributed by atoms with Gasteiger partial charge in [0.1, 0.15) is 6.54 Å².